The summed E-state index contributed by atoms with van der Waals surface area (Å²) in [6.45, 7) is 3.65. The van der Waals surface area contributed by atoms with Gasteiger partial charge in [-0.15, -0.1) is 0 Å². The van der Waals surface area contributed by atoms with Crippen molar-refractivity contribution >= 4 is 34.8 Å². The molecule has 5 rings (SSSR count). The second kappa shape index (κ2) is 9.64. The zero-order valence-electron chi connectivity index (χ0n) is 18.1. The Morgan fingerprint density at radius 3 is 2.36 bits per heavy atom. The number of amides is 1. The van der Waals surface area contributed by atoms with Crippen LogP contribution >= 0.6 is 23.2 Å². The van der Waals surface area contributed by atoms with Crippen LogP contribution in [0.1, 0.15) is 23.2 Å². The first-order chi connectivity index (χ1) is 16.1. The molecule has 3 aromatic rings. The summed E-state index contributed by atoms with van der Waals surface area (Å²) < 4.78 is 11.8. The van der Waals surface area contributed by atoms with Gasteiger partial charge in [0.1, 0.15) is 12.4 Å². The van der Waals surface area contributed by atoms with Crippen molar-refractivity contribution in [3.8, 4) is 22.6 Å². The lowest BCUT2D eigenvalue weighted by molar-refractivity contribution is 0.0937. The number of rotatable bonds is 6. The molecular formula is C26H24Cl2N2O3. The topological polar surface area (TPSA) is 42.0 Å². The van der Waals surface area contributed by atoms with Crippen LogP contribution in [0, 0.1) is 0 Å². The van der Waals surface area contributed by atoms with Crippen molar-refractivity contribution < 1.29 is 14.3 Å². The molecule has 7 heteroatoms. The van der Waals surface area contributed by atoms with Crippen LogP contribution in [0.15, 0.2) is 60.7 Å². The highest BCUT2D eigenvalue weighted by atomic mass is 35.5. The van der Waals surface area contributed by atoms with Gasteiger partial charge in [-0.2, -0.15) is 0 Å². The average Bonchev–Trinajstić information content (AvgIpc) is 3.35. The zero-order valence-corrected chi connectivity index (χ0v) is 19.6. The third-order valence-corrected chi connectivity index (χ3v) is 6.62. The van der Waals surface area contributed by atoms with Crippen LogP contribution in [0.5, 0.6) is 11.5 Å². The van der Waals surface area contributed by atoms with Gasteiger partial charge < -0.3 is 9.47 Å². The maximum atomic E-state index is 13.2. The van der Waals surface area contributed by atoms with E-state index >= 15 is 0 Å². The molecule has 0 bridgehead atoms. The number of carbonyl (C=O) groups excluding carboxylic acids is 1. The molecule has 0 aliphatic carbocycles. The van der Waals surface area contributed by atoms with E-state index in [1.807, 2.05) is 42.5 Å². The summed E-state index contributed by atoms with van der Waals surface area (Å²) in [5.74, 6) is 0.849. The molecule has 0 spiro atoms. The quantitative estimate of drug-likeness (QED) is 0.423. The van der Waals surface area contributed by atoms with Crippen molar-refractivity contribution in [1.82, 2.24) is 4.90 Å². The molecule has 2 heterocycles. The number of benzene rings is 3. The lowest BCUT2D eigenvalue weighted by Crippen LogP contribution is -2.38. The molecular weight excluding hydrogens is 459 g/mol. The van der Waals surface area contributed by atoms with E-state index in [9.17, 15) is 4.79 Å². The number of nitrogens with zero attached hydrogens (tertiary/aromatic N) is 2. The summed E-state index contributed by atoms with van der Waals surface area (Å²) in [5.41, 5.74) is 3.13. The molecule has 1 amide bonds. The van der Waals surface area contributed by atoms with E-state index in [4.69, 9.17) is 32.7 Å². The molecule has 3 aromatic carbocycles. The number of hydrogen-bond acceptors (Lipinski definition) is 4. The second-order valence-corrected chi connectivity index (χ2v) is 9.03. The van der Waals surface area contributed by atoms with Crippen molar-refractivity contribution in [2.75, 3.05) is 37.9 Å². The predicted molar refractivity (Wildman–Crippen MR) is 132 cm³/mol. The smallest absolute Gasteiger partial charge is 0.264 e. The summed E-state index contributed by atoms with van der Waals surface area (Å²) in [4.78, 5) is 17.1. The Morgan fingerprint density at radius 2 is 1.64 bits per heavy atom. The van der Waals surface area contributed by atoms with Crippen molar-refractivity contribution in [2.45, 2.75) is 12.8 Å². The monoisotopic (exact) mass is 482 g/mol. The van der Waals surface area contributed by atoms with Gasteiger partial charge in [-0.3, -0.25) is 14.6 Å². The lowest BCUT2D eigenvalue weighted by atomic mass is 10.0. The third-order valence-electron chi connectivity index (χ3n) is 6.06. The minimum Gasteiger partial charge on any atom is -0.489 e. The van der Waals surface area contributed by atoms with Gasteiger partial charge in [-0.05, 0) is 61.3 Å². The molecule has 0 atom stereocenters. The number of halogens is 2. The molecule has 170 valence electrons. The minimum atomic E-state index is -0.161. The molecule has 1 fully saturated rings. The highest BCUT2D eigenvalue weighted by molar-refractivity contribution is 6.37. The fraction of sp³-hybridized carbons (Fsp3) is 0.269. The van der Waals surface area contributed by atoms with Gasteiger partial charge in [0.2, 0.25) is 0 Å². The fourth-order valence-electron chi connectivity index (χ4n) is 4.28. The number of anilines is 1. The van der Waals surface area contributed by atoms with Crippen LogP contribution in [0.4, 0.5) is 5.69 Å². The van der Waals surface area contributed by atoms with Crippen LogP contribution < -0.4 is 14.4 Å². The molecule has 0 N–H and O–H groups in total. The highest BCUT2D eigenvalue weighted by Gasteiger charge is 2.28. The van der Waals surface area contributed by atoms with Crippen LogP contribution in [-0.4, -0.2) is 43.8 Å². The van der Waals surface area contributed by atoms with E-state index in [0.717, 1.165) is 30.8 Å². The molecule has 0 saturated carbocycles. The van der Waals surface area contributed by atoms with Gasteiger partial charge in [-0.1, -0.05) is 59.6 Å². The molecule has 0 unspecified atom stereocenters. The summed E-state index contributed by atoms with van der Waals surface area (Å²) >= 11 is 13.0. The van der Waals surface area contributed by atoms with Crippen molar-refractivity contribution in [1.29, 1.82) is 0 Å². The van der Waals surface area contributed by atoms with Gasteiger partial charge in [0, 0.05) is 6.54 Å². The molecule has 33 heavy (non-hydrogen) atoms. The number of hydrogen-bond donors (Lipinski definition) is 0. The Labute approximate surface area is 203 Å². The Hall–Kier alpha value is -2.73. The van der Waals surface area contributed by atoms with Crippen molar-refractivity contribution in [3.63, 3.8) is 0 Å². The van der Waals surface area contributed by atoms with Gasteiger partial charge in [0.05, 0.1) is 21.3 Å². The minimum absolute atomic E-state index is 0.0753. The third kappa shape index (κ3) is 4.67. The Bertz CT molecular complexity index is 1140. The summed E-state index contributed by atoms with van der Waals surface area (Å²) in [6.07, 6.45) is 2.47. The number of carbonyl (C=O) groups is 1. The van der Waals surface area contributed by atoms with Crippen LogP contribution in [0.3, 0.4) is 0 Å². The lowest BCUT2D eigenvalue weighted by Gasteiger charge is -2.29. The standard InChI is InChI=1S/C26H24Cl2N2O3/c27-22-15-20(16-23(28)25(22)32-13-12-29-10-4-5-11-29)30-17-33-24-14-19(8-9-21(24)26(30)31)18-6-2-1-3-7-18/h1-3,6-9,14-16H,4-5,10-13,17H2. The van der Waals surface area contributed by atoms with Gasteiger partial charge >= 0.3 is 0 Å². The molecule has 0 radical (unpaired) electrons. The first kappa shape index (κ1) is 22.1. The first-order valence-corrected chi connectivity index (χ1v) is 11.8. The fourth-order valence-corrected chi connectivity index (χ4v) is 4.87. The van der Waals surface area contributed by atoms with Crippen LogP contribution in [0.25, 0.3) is 11.1 Å². The Morgan fingerprint density at radius 1 is 0.909 bits per heavy atom. The second-order valence-electron chi connectivity index (χ2n) is 8.22. The summed E-state index contributed by atoms with van der Waals surface area (Å²) in [7, 11) is 0. The Balaban J connectivity index is 1.32. The molecule has 2 aliphatic heterocycles. The van der Waals surface area contributed by atoms with Gasteiger partial charge in [0.25, 0.3) is 5.91 Å². The molecule has 0 aromatic heterocycles. The summed E-state index contributed by atoms with van der Waals surface area (Å²) in [6, 6.07) is 19.0. The largest absolute Gasteiger partial charge is 0.489 e. The molecule has 5 nitrogen and oxygen atoms in total. The maximum absolute atomic E-state index is 13.2. The van der Waals surface area contributed by atoms with E-state index in [2.05, 4.69) is 4.90 Å². The number of ether oxygens (including phenoxy) is 2. The van der Waals surface area contributed by atoms with E-state index in [1.165, 1.54) is 17.7 Å². The van der Waals surface area contributed by atoms with Gasteiger partial charge in [0.15, 0.2) is 12.5 Å². The SMILES string of the molecule is O=C1c2ccc(-c3ccccc3)cc2OCN1c1cc(Cl)c(OCCN2CCCC2)c(Cl)c1. The van der Waals surface area contributed by atoms with Crippen molar-refractivity contribution in [2.24, 2.45) is 0 Å². The molecule has 2 aliphatic rings. The van der Waals surface area contributed by atoms with E-state index in [1.54, 1.807) is 18.2 Å². The Kier molecular flexibility index (Phi) is 6.45. The van der Waals surface area contributed by atoms with E-state index in [0.29, 0.717) is 39.4 Å². The first-order valence-electron chi connectivity index (χ1n) is 11.1. The van der Waals surface area contributed by atoms with E-state index in [-0.39, 0.29) is 12.6 Å². The van der Waals surface area contributed by atoms with Crippen LogP contribution in [-0.2, 0) is 0 Å². The molecule has 1 saturated heterocycles. The number of fused-ring (bicyclic) bond motifs is 1. The highest BCUT2D eigenvalue weighted by Crippen LogP contribution is 2.39. The number of likely N-dealkylation sites (tertiary alicyclic amines) is 1. The van der Waals surface area contributed by atoms with Crippen LogP contribution in [0.2, 0.25) is 10.0 Å². The van der Waals surface area contributed by atoms with Crippen molar-refractivity contribution in [3.05, 3.63) is 76.3 Å². The zero-order chi connectivity index (χ0) is 22.8. The van der Waals surface area contributed by atoms with E-state index < -0.39 is 0 Å². The normalized spacial score (nSPS) is 15.9. The summed E-state index contributed by atoms with van der Waals surface area (Å²) in [5, 5.41) is 0.744. The van der Waals surface area contributed by atoms with Gasteiger partial charge in [-0.25, -0.2) is 0 Å². The maximum Gasteiger partial charge on any atom is 0.264 e. The average molecular weight is 483 g/mol. The predicted octanol–water partition coefficient (Wildman–Crippen LogP) is 6.13.